The van der Waals surface area contributed by atoms with Crippen LogP contribution in [0.4, 0.5) is 0 Å². The normalized spacial score (nSPS) is 12.5. The van der Waals surface area contributed by atoms with Gasteiger partial charge in [-0.3, -0.25) is 4.79 Å². The summed E-state index contributed by atoms with van der Waals surface area (Å²) in [6.07, 6.45) is 2.35. The lowest BCUT2D eigenvalue weighted by Crippen LogP contribution is -2.23. The second kappa shape index (κ2) is 8.97. The molecule has 0 saturated carbocycles. The Morgan fingerprint density at radius 3 is 2.69 bits per heavy atom. The second-order valence-corrected chi connectivity index (χ2v) is 7.88. The molecule has 3 rings (SSSR count). The fourth-order valence-corrected chi connectivity index (χ4v) is 3.53. The van der Waals surface area contributed by atoms with Gasteiger partial charge < -0.3 is 9.47 Å². The first-order valence-corrected chi connectivity index (χ1v) is 10.2. The number of halogens is 2. The first-order valence-electron chi connectivity index (χ1n) is 9.07. The minimum atomic E-state index is -0.240. The van der Waals surface area contributed by atoms with Crippen LogP contribution in [0.15, 0.2) is 44.7 Å². The van der Waals surface area contributed by atoms with Crippen molar-refractivity contribution in [3.63, 3.8) is 0 Å². The average Bonchev–Trinajstić information content (AvgIpc) is 2.72. The molecule has 0 spiro atoms. The predicted molar refractivity (Wildman–Crippen MR) is 120 cm³/mol. The van der Waals surface area contributed by atoms with Crippen molar-refractivity contribution in [3.8, 4) is 11.5 Å². The largest absolute Gasteiger partial charge is 0.493 e. The van der Waals surface area contributed by atoms with Crippen LogP contribution in [0, 0.1) is 0 Å². The van der Waals surface area contributed by atoms with Crippen LogP contribution in [-0.4, -0.2) is 30.1 Å². The predicted octanol–water partition coefficient (Wildman–Crippen LogP) is 5.23. The Morgan fingerprint density at radius 2 is 2.03 bits per heavy atom. The number of rotatable bonds is 6. The maximum atomic E-state index is 13.2. The van der Waals surface area contributed by atoms with E-state index in [2.05, 4.69) is 21.0 Å². The van der Waals surface area contributed by atoms with Crippen molar-refractivity contribution < 1.29 is 9.47 Å². The van der Waals surface area contributed by atoms with Gasteiger partial charge in [0.15, 0.2) is 11.5 Å². The highest BCUT2D eigenvalue weighted by Crippen LogP contribution is 2.33. The number of benzene rings is 2. The van der Waals surface area contributed by atoms with Crippen molar-refractivity contribution in [2.45, 2.75) is 26.2 Å². The smallest absolute Gasteiger partial charge is 0.282 e. The standard InChI is InChI=1S/C21H21BrClN3O3/c1-5-12(2)20-25-17-7-6-14(22)9-16(17)21(27)26(20)24-11-13-8-15(23)10-18(28-3)19(13)29-4/h6-12H,5H2,1-4H3/t12-/m0/s1. The molecular weight excluding hydrogens is 458 g/mol. The third kappa shape index (κ3) is 4.31. The van der Waals surface area contributed by atoms with Gasteiger partial charge in [-0.25, -0.2) is 4.98 Å². The van der Waals surface area contributed by atoms with E-state index in [1.807, 2.05) is 26.0 Å². The summed E-state index contributed by atoms with van der Waals surface area (Å²) in [6, 6.07) is 8.80. The van der Waals surface area contributed by atoms with Crippen LogP contribution in [0.2, 0.25) is 5.02 Å². The molecule has 0 amide bonds. The zero-order valence-electron chi connectivity index (χ0n) is 16.6. The Hall–Kier alpha value is -2.38. The number of fused-ring (bicyclic) bond motifs is 1. The van der Waals surface area contributed by atoms with Crippen molar-refractivity contribution in [2.75, 3.05) is 14.2 Å². The fourth-order valence-electron chi connectivity index (χ4n) is 2.95. The molecule has 2 aromatic carbocycles. The summed E-state index contributed by atoms with van der Waals surface area (Å²) in [5.74, 6) is 1.60. The summed E-state index contributed by atoms with van der Waals surface area (Å²) >= 11 is 9.60. The molecular formula is C21H21BrClN3O3. The van der Waals surface area contributed by atoms with Crippen LogP contribution in [0.3, 0.4) is 0 Å². The first-order chi connectivity index (χ1) is 13.9. The molecule has 1 atom stereocenters. The van der Waals surface area contributed by atoms with Gasteiger partial charge in [0.05, 0.1) is 31.3 Å². The van der Waals surface area contributed by atoms with Crippen molar-refractivity contribution in [3.05, 3.63) is 61.6 Å². The number of methoxy groups -OCH3 is 2. The summed E-state index contributed by atoms with van der Waals surface area (Å²) in [7, 11) is 3.07. The molecule has 0 aliphatic carbocycles. The zero-order valence-corrected chi connectivity index (χ0v) is 18.9. The molecule has 6 nitrogen and oxygen atoms in total. The van der Waals surface area contributed by atoms with Crippen molar-refractivity contribution in [2.24, 2.45) is 5.10 Å². The fraction of sp³-hybridized carbons (Fsp3) is 0.286. The van der Waals surface area contributed by atoms with Gasteiger partial charge in [0.25, 0.3) is 5.56 Å². The van der Waals surface area contributed by atoms with Gasteiger partial charge in [0.1, 0.15) is 5.82 Å². The number of hydrogen-bond donors (Lipinski definition) is 0. The maximum absolute atomic E-state index is 13.2. The Morgan fingerprint density at radius 1 is 1.28 bits per heavy atom. The minimum absolute atomic E-state index is 0.0451. The highest BCUT2D eigenvalue weighted by molar-refractivity contribution is 9.10. The van der Waals surface area contributed by atoms with Crippen molar-refractivity contribution >= 4 is 44.6 Å². The van der Waals surface area contributed by atoms with E-state index < -0.39 is 0 Å². The van der Waals surface area contributed by atoms with E-state index in [1.54, 1.807) is 18.2 Å². The molecule has 0 unspecified atom stereocenters. The van der Waals surface area contributed by atoms with E-state index >= 15 is 0 Å². The molecule has 0 N–H and O–H groups in total. The van der Waals surface area contributed by atoms with E-state index in [0.717, 1.165) is 10.9 Å². The highest BCUT2D eigenvalue weighted by Gasteiger charge is 2.16. The molecule has 1 aromatic heterocycles. The lowest BCUT2D eigenvalue weighted by atomic mass is 10.1. The van der Waals surface area contributed by atoms with Crippen LogP contribution < -0.4 is 15.0 Å². The van der Waals surface area contributed by atoms with E-state index in [4.69, 9.17) is 26.1 Å². The Labute approximate surface area is 182 Å². The number of nitrogens with zero attached hydrogens (tertiary/aromatic N) is 3. The van der Waals surface area contributed by atoms with Crippen LogP contribution in [0.5, 0.6) is 11.5 Å². The third-order valence-corrected chi connectivity index (χ3v) is 5.38. The topological polar surface area (TPSA) is 65.7 Å². The van der Waals surface area contributed by atoms with Gasteiger partial charge >= 0.3 is 0 Å². The lowest BCUT2D eigenvalue weighted by Gasteiger charge is -2.14. The number of aromatic nitrogens is 2. The van der Waals surface area contributed by atoms with Gasteiger partial charge in [-0.05, 0) is 30.7 Å². The van der Waals surface area contributed by atoms with Crippen LogP contribution in [0.25, 0.3) is 10.9 Å². The summed E-state index contributed by atoms with van der Waals surface area (Å²) in [5.41, 5.74) is 0.992. The molecule has 1 heterocycles. The Balaban J connectivity index is 2.23. The molecule has 29 heavy (non-hydrogen) atoms. The van der Waals surface area contributed by atoms with E-state index in [-0.39, 0.29) is 11.5 Å². The summed E-state index contributed by atoms with van der Waals surface area (Å²) in [4.78, 5) is 17.9. The molecule has 0 aliphatic heterocycles. The van der Waals surface area contributed by atoms with Gasteiger partial charge in [-0.1, -0.05) is 41.4 Å². The Bertz CT molecular complexity index is 1140. The van der Waals surface area contributed by atoms with Gasteiger partial charge in [0.2, 0.25) is 0 Å². The summed E-state index contributed by atoms with van der Waals surface area (Å²) in [5, 5.41) is 5.41. The molecule has 152 valence electrons. The lowest BCUT2D eigenvalue weighted by molar-refractivity contribution is 0.354. The second-order valence-electron chi connectivity index (χ2n) is 6.53. The zero-order chi connectivity index (χ0) is 21.1. The van der Waals surface area contributed by atoms with Gasteiger partial charge in [-0.15, -0.1) is 0 Å². The van der Waals surface area contributed by atoms with E-state index in [9.17, 15) is 4.79 Å². The highest BCUT2D eigenvalue weighted by atomic mass is 79.9. The number of hydrogen-bond acceptors (Lipinski definition) is 5. The third-order valence-electron chi connectivity index (χ3n) is 4.67. The van der Waals surface area contributed by atoms with Crippen molar-refractivity contribution in [1.29, 1.82) is 0 Å². The quantitative estimate of drug-likeness (QED) is 0.455. The van der Waals surface area contributed by atoms with Crippen molar-refractivity contribution in [1.82, 2.24) is 9.66 Å². The molecule has 0 saturated heterocycles. The molecule has 0 bridgehead atoms. The van der Waals surface area contributed by atoms with E-state index in [0.29, 0.717) is 38.8 Å². The molecule has 0 radical (unpaired) electrons. The monoisotopic (exact) mass is 477 g/mol. The first kappa shape index (κ1) is 21.3. The maximum Gasteiger partial charge on any atom is 0.282 e. The van der Waals surface area contributed by atoms with Crippen LogP contribution in [0.1, 0.15) is 37.6 Å². The SMILES string of the molecule is CC[C@H](C)c1nc2ccc(Br)cc2c(=O)n1N=Cc1cc(Cl)cc(OC)c1OC. The molecule has 3 aromatic rings. The Kier molecular flexibility index (Phi) is 6.59. The minimum Gasteiger partial charge on any atom is -0.493 e. The van der Waals surface area contributed by atoms with Gasteiger partial charge in [-0.2, -0.15) is 9.78 Å². The van der Waals surface area contributed by atoms with Gasteiger partial charge in [0, 0.05) is 27.0 Å². The molecule has 0 aliphatic rings. The molecule has 0 fully saturated rings. The van der Waals surface area contributed by atoms with Crippen LogP contribution >= 0.6 is 27.5 Å². The number of ether oxygens (including phenoxy) is 2. The summed E-state index contributed by atoms with van der Waals surface area (Å²) < 4.78 is 12.9. The molecule has 8 heteroatoms. The summed E-state index contributed by atoms with van der Waals surface area (Å²) in [6.45, 7) is 4.06. The van der Waals surface area contributed by atoms with E-state index in [1.165, 1.54) is 25.1 Å². The average molecular weight is 479 g/mol. The van der Waals surface area contributed by atoms with Crippen LogP contribution in [-0.2, 0) is 0 Å².